The molecule has 4 aromatic rings. The van der Waals surface area contributed by atoms with Crippen LogP contribution in [0.4, 0.5) is 5.82 Å². The molecule has 0 spiro atoms. The van der Waals surface area contributed by atoms with E-state index in [4.69, 9.17) is 18.7 Å². The van der Waals surface area contributed by atoms with Crippen molar-refractivity contribution in [2.45, 2.75) is 11.4 Å². The smallest absolute Gasteiger partial charge is 0.266 e. The van der Waals surface area contributed by atoms with Gasteiger partial charge in [0.05, 0.1) is 39.9 Å². The van der Waals surface area contributed by atoms with Crippen molar-refractivity contribution in [1.29, 1.82) is 0 Å². The summed E-state index contributed by atoms with van der Waals surface area (Å²) in [6.07, 6.45) is 3.52. The number of aromatic nitrogens is 3. The number of ether oxygens (including phenoxy) is 3. The van der Waals surface area contributed by atoms with Gasteiger partial charge in [-0.2, -0.15) is 5.10 Å². The molecule has 0 amide bonds. The standard InChI is InChI=1S/C24H22N4O6S/c1-31-19-10-16(4-5-17-14-33-15-17)6-7-22(19)35(29,30)27-24-23-20(32-2)11-18(12-21(23)34-26-24)13-28-9-3-8-25-28/h3,6-12,17H,13-15H2,1-2H3,(H,26,27). The van der Waals surface area contributed by atoms with Crippen molar-refractivity contribution in [3.05, 3.63) is 59.9 Å². The van der Waals surface area contributed by atoms with Crippen LogP contribution in [0, 0.1) is 17.8 Å². The van der Waals surface area contributed by atoms with Crippen LogP contribution in [0.5, 0.6) is 11.5 Å². The van der Waals surface area contributed by atoms with E-state index in [1.54, 1.807) is 35.1 Å². The molecule has 10 nitrogen and oxygen atoms in total. The third kappa shape index (κ3) is 4.66. The van der Waals surface area contributed by atoms with Gasteiger partial charge in [0.15, 0.2) is 11.4 Å². The normalized spacial score (nSPS) is 13.7. The summed E-state index contributed by atoms with van der Waals surface area (Å²) in [5.41, 5.74) is 1.88. The summed E-state index contributed by atoms with van der Waals surface area (Å²) >= 11 is 0. The zero-order valence-electron chi connectivity index (χ0n) is 19.0. The van der Waals surface area contributed by atoms with Gasteiger partial charge in [0.25, 0.3) is 10.0 Å². The Balaban J connectivity index is 1.45. The first-order valence-electron chi connectivity index (χ1n) is 10.7. The molecule has 11 heteroatoms. The van der Waals surface area contributed by atoms with E-state index in [-0.39, 0.29) is 22.4 Å². The van der Waals surface area contributed by atoms with Gasteiger partial charge in [-0.25, -0.2) is 8.42 Å². The van der Waals surface area contributed by atoms with Gasteiger partial charge in [0.2, 0.25) is 0 Å². The molecule has 3 heterocycles. The zero-order chi connectivity index (χ0) is 24.4. The van der Waals surface area contributed by atoms with Gasteiger partial charge >= 0.3 is 0 Å². The monoisotopic (exact) mass is 494 g/mol. The number of fused-ring (bicyclic) bond motifs is 1. The lowest BCUT2D eigenvalue weighted by Crippen LogP contribution is -2.25. The highest BCUT2D eigenvalue weighted by atomic mass is 32.2. The number of anilines is 1. The molecule has 2 aromatic carbocycles. The summed E-state index contributed by atoms with van der Waals surface area (Å²) in [7, 11) is -1.17. The lowest BCUT2D eigenvalue weighted by atomic mass is 10.1. The topological polar surface area (TPSA) is 118 Å². The quantitative estimate of drug-likeness (QED) is 0.390. The van der Waals surface area contributed by atoms with Crippen LogP contribution in [0.25, 0.3) is 11.0 Å². The second-order valence-corrected chi connectivity index (χ2v) is 9.53. The highest BCUT2D eigenvalue weighted by molar-refractivity contribution is 7.92. The fraction of sp³-hybridized carbons (Fsp3) is 0.250. The largest absolute Gasteiger partial charge is 0.496 e. The molecular formula is C24H22N4O6S. The molecule has 0 saturated carbocycles. The fourth-order valence-electron chi connectivity index (χ4n) is 3.65. The predicted octanol–water partition coefficient (Wildman–Crippen LogP) is 2.89. The number of hydrogen-bond acceptors (Lipinski definition) is 8. The summed E-state index contributed by atoms with van der Waals surface area (Å²) in [4.78, 5) is -0.0528. The average Bonchev–Trinajstić information content (AvgIpc) is 3.47. The van der Waals surface area contributed by atoms with Crippen LogP contribution in [0.3, 0.4) is 0 Å². The molecule has 0 atom stereocenters. The van der Waals surface area contributed by atoms with E-state index < -0.39 is 10.0 Å². The van der Waals surface area contributed by atoms with Gasteiger partial charge in [-0.3, -0.25) is 9.40 Å². The lowest BCUT2D eigenvalue weighted by molar-refractivity contribution is -0.00300. The first-order valence-corrected chi connectivity index (χ1v) is 12.2. The number of nitrogens with zero attached hydrogens (tertiary/aromatic N) is 3. The Morgan fingerprint density at radius 2 is 2.00 bits per heavy atom. The molecule has 180 valence electrons. The number of methoxy groups -OCH3 is 2. The predicted molar refractivity (Wildman–Crippen MR) is 127 cm³/mol. The molecular weight excluding hydrogens is 472 g/mol. The van der Waals surface area contributed by atoms with Gasteiger partial charge in [-0.15, -0.1) is 0 Å². The van der Waals surface area contributed by atoms with Crippen molar-refractivity contribution in [3.8, 4) is 23.3 Å². The highest BCUT2D eigenvalue weighted by Gasteiger charge is 2.25. The average molecular weight is 495 g/mol. The van der Waals surface area contributed by atoms with Gasteiger partial charge in [-0.05, 0) is 42.0 Å². The van der Waals surface area contributed by atoms with E-state index in [1.807, 2.05) is 12.3 Å². The van der Waals surface area contributed by atoms with Gasteiger partial charge in [-0.1, -0.05) is 17.0 Å². The molecule has 1 N–H and O–H groups in total. The Hall–Kier alpha value is -4.01. The molecule has 1 aliphatic rings. The molecule has 2 aromatic heterocycles. The fourth-order valence-corrected chi connectivity index (χ4v) is 4.81. The van der Waals surface area contributed by atoms with Crippen LogP contribution in [-0.2, 0) is 21.3 Å². The van der Waals surface area contributed by atoms with Crippen LogP contribution in [0.15, 0.2) is 58.2 Å². The van der Waals surface area contributed by atoms with E-state index in [2.05, 4.69) is 26.8 Å². The Labute approximate surface area is 201 Å². The minimum atomic E-state index is -4.07. The second-order valence-electron chi connectivity index (χ2n) is 7.88. The first kappa shape index (κ1) is 22.8. The van der Waals surface area contributed by atoms with Gasteiger partial charge in [0.1, 0.15) is 21.8 Å². The Morgan fingerprint density at radius 1 is 1.17 bits per heavy atom. The van der Waals surface area contributed by atoms with Gasteiger partial charge in [0, 0.05) is 18.0 Å². The third-order valence-corrected chi connectivity index (χ3v) is 6.84. The van der Waals surface area contributed by atoms with Crippen LogP contribution >= 0.6 is 0 Å². The molecule has 0 aliphatic carbocycles. The number of nitrogens with one attached hydrogen (secondary N) is 1. The molecule has 0 radical (unpaired) electrons. The molecule has 0 unspecified atom stereocenters. The number of sulfonamides is 1. The number of hydrogen-bond donors (Lipinski definition) is 1. The highest BCUT2D eigenvalue weighted by Crippen LogP contribution is 2.36. The van der Waals surface area contributed by atoms with Crippen molar-refractivity contribution in [2.24, 2.45) is 5.92 Å². The summed E-state index contributed by atoms with van der Waals surface area (Å²) in [5, 5.41) is 8.55. The lowest BCUT2D eigenvalue weighted by Gasteiger charge is -2.20. The van der Waals surface area contributed by atoms with Gasteiger partial charge < -0.3 is 18.7 Å². The number of rotatable bonds is 7. The van der Waals surface area contributed by atoms with Crippen molar-refractivity contribution in [1.82, 2.24) is 14.9 Å². The molecule has 5 rings (SSSR count). The summed E-state index contributed by atoms with van der Waals surface area (Å²) in [6, 6.07) is 10.1. The minimum Gasteiger partial charge on any atom is -0.496 e. The molecule has 1 saturated heterocycles. The maximum Gasteiger partial charge on any atom is 0.266 e. The first-order chi connectivity index (χ1) is 17.0. The second kappa shape index (κ2) is 9.32. The zero-order valence-corrected chi connectivity index (χ0v) is 19.8. The Kier molecular flexibility index (Phi) is 6.07. The number of benzene rings is 2. The van der Waals surface area contributed by atoms with Crippen molar-refractivity contribution in [2.75, 3.05) is 32.2 Å². The maximum absolute atomic E-state index is 13.3. The van der Waals surface area contributed by atoms with Crippen molar-refractivity contribution >= 4 is 26.8 Å². The van der Waals surface area contributed by atoms with Crippen LogP contribution in [-0.4, -0.2) is 50.8 Å². The van der Waals surface area contributed by atoms with E-state index >= 15 is 0 Å². The van der Waals surface area contributed by atoms with Crippen LogP contribution < -0.4 is 14.2 Å². The summed E-state index contributed by atoms with van der Waals surface area (Å²) < 4.78 is 52.2. The molecule has 35 heavy (non-hydrogen) atoms. The Morgan fingerprint density at radius 3 is 2.69 bits per heavy atom. The maximum atomic E-state index is 13.3. The SMILES string of the molecule is COc1cc(C#CC2COC2)ccc1S(=O)(=O)Nc1noc2cc(Cn3cccn3)cc(OC)c12. The Bertz CT molecular complexity index is 1530. The van der Waals surface area contributed by atoms with Crippen LogP contribution in [0.2, 0.25) is 0 Å². The summed E-state index contributed by atoms with van der Waals surface area (Å²) in [6.45, 7) is 1.71. The summed E-state index contributed by atoms with van der Waals surface area (Å²) in [5.74, 6) is 6.91. The van der Waals surface area contributed by atoms with E-state index in [0.717, 1.165) is 5.56 Å². The van der Waals surface area contributed by atoms with E-state index in [9.17, 15) is 8.42 Å². The van der Waals surface area contributed by atoms with E-state index in [1.165, 1.54) is 20.3 Å². The third-order valence-electron chi connectivity index (χ3n) is 5.46. The molecule has 1 fully saturated rings. The minimum absolute atomic E-state index is 0.0124. The van der Waals surface area contributed by atoms with Crippen molar-refractivity contribution in [3.63, 3.8) is 0 Å². The van der Waals surface area contributed by atoms with Crippen molar-refractivity contribution < 1.29 is 27.2 Å². The van der Waals surface area contributed by atoms with Crippen LogP contribution in [0.1, 0.15) is 11.1 Å². The van der Waals surface area contributed by atoms with E-state index in [0.29, 0.717) is 42.0 Å². The molecule has 1 aliphatic heterocycles. The molecule has 0 bridgehead atoms.